The van der Waals surface area contributed by atoms with Crippen molar-refractivity contribution in [1.82, 2.24) is 14.7 Å². The number of rotatable bonds is 3. The zero-order valence-corrected chi connectivity index (χ0v) is 14.5. The van der Waals surface area contributed by atoms with E-state index in [1.165, 1.54) is 24.3 Å². The lowest BCUT2D eigenvalue weighted by Crippen LogP contribution is -2.45. The van der Waals surface area contributed by atoms with Crippen LogP contribution in [0.1, 0.15) is 12.1 Å². The topological polar surface area (TPSA) is 93.2 Å². The van der Waals surface area contributed by atoms with E-state index in [4.69, 9.17) is 5.73 Å². The van der Waals surface area contributed by atoms with Gasteiger partial charge in [0.1, 0.15) is 6.17 Å². The first-order chi connectivity index (χ1) is 13.2. The molecule has 28 heavy (non-hydrogen) atoms. The number of hydrogen-bond donors (Lipinski definition) is 2. The molecule has 0 radical (unpaired) electrons. The molecule has 1 aromatic carbocycles. The van der Waals surface area contributed by atoms with Gasteiger partial charge in [-0.15, -0.1) is 0 Å². The minimum absolute atomic E-state index is 0.0186. The maximum Gasteiger partial charge on any atom is 0.435 e. The molecule has 1 fully saturated rings. The van der Waals surface area contributed by atoms with E-state index in [1.807, 2.05) is 5.32 Å². The van der Waals surface area contributed by atoms with Crippen LogP contribution < -0.4 is 11.1 Å². The predicted molar refractivity (Wildman–Crippen MR) is 91.3 cm³/mol. The second-order valence-electron chi connectivity index (χ2n) is 6.29. The smallest absolute Gasteiger partial charge is 0.328 e. The summed E-state index contributed by atoms with van der Waals surface area (Å²) in [5.41, 5.74) is 3.69. The van der Waals surface area contributed by atoms with Crippen LogP contribution >= 0.6 is 0 Å². The summed E-state index contributed by atoms with van der Waals surface area (Å²) in [5, 5.41) is 5.63. The number of anilines is 1. The summed E-state index contributed by atoms with van der Waals surface area (Å²) in [5.74, 6) is -2.46. The van der Waals surface area contributed by atoms with Crippen LogP contribution in [0, 0.1) is 0 Å². The third-order valence-electron chi connectivity index (χ3n) is 4.38. The van der Waals surface area contributed by atoms with Gasteiger partial charge in [0.25, 0.3) is 0 Å². The van der Waals surface area contributed by atoms with Crippen molar-refractivity contribution in [3.8, 4) is 5.69 Å². The predicted octanol–water partition coefficient (Wildman–Crippen LogP) is 1.73. The number of alkyl halides is 4. The maximum atomic E-state index is 13.6. The molecule has 1 aromatic heterocycles. The Morgan fingerprint density at radius 1 is 1.25 bits per heavy atom. The normalized spacial score (nSPS) is 19.7. The number of para-hydroxylation sites is 1. The third-order valence-corrected chi connectivity index (χ3v) is 4.38. The molecule has 1 aliphatic rings. The van der Waals surface area contributed by atoms with Crippen LogP contribution in [0.4, 0.5) is 23.2 Å². The van der Waals surface area contributed by atoms with E-state index in [1.54, 1.807) is 6.07 Å². The number of carbonyl (C=O) groups excluding carboxylic acids is 2. The largest absolute Gasteiger partial charge is 0.435 e. The van der Waals surface area contributed by atoms with Crippen LogP contribution in [0.25, 0.3) is 5.69 Å². The summed E-state index contributed by atoms with van der Waals surface area (Å²) in [7, 11) is 0. The average molecular weight is 399 g/mol. The van der Waals surface area contributed by atoms with E-state index in [9.17, 15) is 27.2 Å². The standard InChI is InChI=1S/C17H17F4N5O2/c18-10-6-12(7-22)25(9-10)16(28)15(27)24-13-8-23-26(14(13)17(19,20)21)11-4-2-1-3-5-11/h1-5,8,10,12H,6-7,9,22H2,(H,24,27)/t10-,12-/m0/s1. The summed E-state index contributed by atoms with van der Waals surface area (Å²) in [6.07, 6.45) is -5.40. The highest BCUT2D eigenvalue weighted by molar-refractivity contribution is 6.39. The average Bonchev–Trinajstić information content (AvgIpc) is 3.24. The Hall–Kier alpha value is -2.95. The number of carbonyl (C=O) groups is 2. The fourth-order valence-corrected chi connectivity index (χ4v) is 3.12. The molecule has 0 saturated carbocycles. The SMILES string of the molecule is NC[C@@H]1C[C@H](F)CN1C(=O)C(=O)Nc1cnn(-c2ccccc2)c1C(F)(F)F. The first kappa shape index (κ1) is 19.8. The Labute approximate surface area is 157 Å². The van der Waals surface area contributed by atoms with Crippen molar-refractivity contribution in [2.45, 2.75) is 24.8 Å². The van der Waals surface area contributed by atoms with E-state index < -0.39 is 41.6 Å². The van der Waals surface area contributed by atoms with E-state index in [0.29, 0.717) is 4.68 Å². The number of likely N-dealkylation sites (tertiary alicyclic amines) is 1. The number of hydrogen-bond acceptors (Lipinski definition) is 4. The fraction of sp³-hybridized carbons (Fsp3) is 0.353. The van der Waals surface area contributed by atoms with Gasteiger partial charge in [-0.25, -0.2) is 9.07 Å². The Morgan fingerprint density at radius 2 is 1.93 bits per heavy atom. The highest BCUT2D eigenvalue weighted by Gasteiger charge is 2.41. The minimum atomic E-state index is -4.85. The number of nitrogens with one attached hydrogen (secondary N) is 1. The molecule has 2 amide bonds. The monoisotopic (exact) mass is 399 g/mol. The first-order valence-electron chi connectivity index (χ1n) is 8.39. The molecule has 11 heteroatoms. The summed E-state index contributed by atoms with van der Waals surface area (Å²) < 4.78 is 54.9. The third kappa shape index (κ3) is 3.84. The highest BCUT2D eigenvalue weighted by Crippen LogP contribution is 2.36. The van der Waals surface area contributed by atoms with E-state index in [-0.39, 0.29) is 25.2 Å². The molecular weight excluding hydrogens is 382 g/mol. The second kappa shape index (κ2) is 7.58. The molecule has 150 valence electrons. The molecule has 0 aliphatic carbocycles. The van der Waals surface area contributed by atoms with Gasteiger partial charge in [0.15, 0.2) is 5.69 Å². The van der Waals surface area contributed by atoms with Crippen LogP contribution in [0.15, 0.2) is 36.5 Å². The molecule has 3 N–H and O–H groups in total. The van der Waals surface area contributed by atoms with E-state index in [0.717, 1.165) is 11.1 Å². The van der Waals surface area contributed by atoms with Crippen LogP contribution in [0.2, 0.25) is 0 Å². The van der Waals surface area contributed by atoms with Crippen molar-refractivity contribution in [2.24, 2.45) is 5.73 Å². The van der Waals surface area contributed by atoms with Crippen molar-refractivity contribution < 1.29 is 27.2 Å². The van der Waals surface area contributed by atoms with Gasteiger partial charge in [-0.3, -0.25) is 9.59 Å². The number of amides is 2. The lowest BCUT2D eigenvalue weighted by molar-refractivity contribution is -0.144. The molecule has 1 saturated heterocycles. The summed E-state index contributed by atoms with van der Waals surface area (Å²) in [4.78, 5) is 25.4. The van der Waals surface area contributed by atoms with Crippen molar-refractivity contribution in [2.75, 3.05) is 18.4 Å². The Balaban J connectivity index is 1.87. The van der Waals surface area contributed by atoms with Gasteiger partial charge in [-0.1, -0.05) is 18.2 Å². The number of benzene rings is 1. The zero-order chi connectivity index (χ0) is 20.5. The van der Waals surface area contributed by atoms with Crippen molar-refractivity contribution >= 4 is 17.5 Å². The van der Waals surface area contributed by atoms with Gasteiger partial charge in [-0.2, -0.15) is 18.3 Å². The maximum absolute atomic E-state index is 13.6. The number of aromatic nitrogens is 2. The van der Waals surface area contributed by atoms with Gasteiger partial charge in [0.05, 0.1) is 24.1 Å². The number of nitrogens with zero attached hydrogens (tertiary/aromatic N) is 3. The quantitative estimate of drug-likeness (QED) is 0.607. The number of halogens is 4. The fourth-order valence-electron chi connectivity index (χ4n) is 3.12. The second-order valence-corrected chi connectivity index (χ2v) is 6.29. The summed E-state index contributed by atoms with van der Waals surface area (Å²) in [6, 6.07) is 6.85. The Bertz CT molecular complexity index is 868. The molecule has 2 atom stereocenters. The lowest BCUT2D eigenvalue weighted by Gasteiger charge is -2.22. The molecule has 2 heterocycles. The molecule has 7 nitrogen and oxygen atoms in total. The van der Waals surface area contributed by atoms with Crippen LogP contribution in [-0.2, 0) is 15.8 Å². The van der Waals surface area contributed by atoms with Gasteiger partial charge < -0.3 is 16.0 Å². The van der Waals surface area contributed by atoms with Gasteiger partial charge >= 0.3 is 18.0 Å². The molecule has 0 spiro atoms. The summed E-state index contributed by atoms with van der Waals surface area (Å²) >= 11 is 0. The van der Waals surface area contributed by atoms with Gasteiger partial charge in [-0.05, 0) is 12.1 Å². The zero-order valence-electron chi connectivity index (χ0n) is 14.5. The minimum Gasteiger partial charge on any atom is -0.328 e. The Morgan fingerprint density at radius 3 is 2.54 bits per heavy atom. The van der Waals surface area contributed by atoms with Crippen LogP contribution in [0.5, 0.6) is 0 Å². The molecular formula is C17H17F4N5O2. The molecule has 0 bridgehead atoms. The Kier molecular flexibility index (Phi) is 5.36. The van der Waals surface area contributed by atoms with Crippen molar-refractivity contribution in [1.29, 1.82) is 0 Å². The first-order valence-corrected chi connectivity index (χ1v) is 8.39. The number of nitrogens with two attached hydrogens (primary N) is 1. The molecule has 2 aromatic rings. The highest BCUT2D eigenvalue weighted by atomic mass is 19.4. The lowest BCUT2D eigenvalue weighted by atomic mass is 10.2. The van der Waals surface area contributed by atoms with Gasteiger partial charge in [0, 0.05) is 19.0 Å². The van der Waals surface area contributed by atoms with Crippen LogP contribution in [0.3, 0.4) is 0 Å². The summed E-state index contributed by atoms with van der Waals surface area (Å²) in [6.45, 7) is -0.386. The van der Waals surface area contributed by atoms with E-state index in [2.05, 4.69) is 5.10 Å². The van der Waals surface area contributed by atoms with Crippen molar-refractivity contribution in [3.05, 3.63) is 42.2 Å². The van der Waals surface area contributed by atoms with Crippen molar-refractivity contribution in [3.63, 3.8) is 0 Å². The molecule has 1 aliphatic heterocycles. The molecule has 0 unspecified atom stereocenters. The molecule has 3 rings (SSSR count). The van der Waals surface area contributed by atoms with Gasteiger partial charge in [0.2, 0.25) is 0 Å². The van der Waals surface area contributed by atoms with E-state index >= 15 is 0 Å². The van der Waals surface area contributed by atoms with Crippen LogP contribution in [-0.4, -0.2) is 51.8 Å².